The van der Waals surface area contributed by atoms with Gasteiger partial charge >= 0.3 is 0 Å². The second-order valence-corrected chi connectivity index (χ2v) is 4.90. The van der Waals surface area contributed by atoms with Gasteiger partial charge in [-0.1, -0.05) is 19.1 Å². The topological polar surface area (TPSA) is 58.4 Å². The molecule has 0 fully saturated rings. The number of rotatable bonds is 7. The van der Waals surface area contributed by atoms with Gasteiger partial charge in [0.1, 0.15) is 0 Å². The molecule has 0 spiro atoms. The van der Waals surface area contributed by atoms with Crippen LogP contribution in [0.4, 0.5) is 5.69 Å². The van der Waals surface area contributed by atoms with Crippen LogP contribution in [0.15, 0.2) is 30.0 Å². The lowest BCUT2D eigenvalue weighted by atomic mass is 9.99. The van der Waals surface area contributed by atoms with E-state index in [0.717, 1.165) is 29.9 Å². The number of hydrogen-bond acceptors (Lipinski definition) is 4. The number of Topliss-reactive ketones (excluding diaryl/α,β-unsaturated/α-hetero) is 1. The molecule has 1 rings (SSSR count). The summed E-state index contributed by atoms with van der Waals surface area (Å²) in [5.74, 6) is 0.0519. The molecule has 0 aliphatic rings. The van der Waals surface area contributed by atoms with Crippen LogP contribution in [0, 0.1) is 0 Å². The number of nitrogens with one attached hydrogen (secondary N) is 1. The fourth-order valence-electron chi connectivity index (χ4n) is 2.10. The van der Waals surface area contributed by atoms with Gasteiger partial charge in [-0.3, -0.25) is 4.79 Å². The second-order valence-electron chi connectivity index (χ2n) is 4.90. The number of anilines is 1. The Kier molecular flexibility index (Phi) is 6.25. The van der Waals surface area contributed by atoms with E-state index in [1.165, 1.54) is 0 Å². The summed E-state index contributed by atoms with van der Waals surface area (Å²) in [6, 6.07) is 7.48. The van der Waals surface area contributed by atoms with Gasteiger partial charge in [0, 0.05) is 30.0 Å². The molecule has 20 heavy (non-hydrogen) atoms. The van der Waals surface area contributed by atoms with E-state index >= 15 is 0 Å². The van der Waals surface area contributed by atoms with Crippen LogP contribution in [-0.4, -0.2) is 37.4 Å². The minimum absolute atomic E-state index is 0.0519. The third-order valence-electron chi connectivity index (χ3n) is 3.19. The van der Waals surface area contributed by atoms with Gasteiger partial charge in [0.05, 0.1) is 0 Å². The summed E-state index contributed by atoms with van der Waals surface area (Å²) in [6.45, 7) is 8.15. The zero-order chi connectivity index (χ0) is 15.1. The third-order valence-corrected chi connectivity index (χ3v) is 3.19. The zero-order valence-corrected chi connectivity index (χ0v) is 12.9. The molecule has 0 saturated carbocycles. The van der Waals surface area contributed by atoms with E-state index in [2.05, 4.69) is 17.1 Å². The van der Waals surface area contributed by atoms with Crippen molar-refractivity contribution < 1.29 is 4.79 Å². The van der Waals surface area contributed by atoms with E-state index < -0.39 is 0 Å². The van der Waals surface area contributed by atoms with E-state index in [-0.39, 0.29) is 5.78 Å². The normalized spacial score (nSPS) is 12.2. The second kappa shape index (κ2) is 7.70. The molecule has 0 heterocycles. The molecule has 1 aromatic carbocycles. The van der Waals surface area contributed by atoms with Gasteiger partial charge in [-0.2, -0.15) is 0 Å². The largest absolute Gasteiger partial charge is 0.399 e. The van der Waals surface area contributed by atoms with Crippen molar-refractivity contribution in [2.75, 3.05) is 32.4 Å². The molecule has 0 aliphatic carbocycles. The Morgan fingerprint density at radius 1 is 1.35 bits per heavy atom. The molecule has 4 nitrogen and oxygen atoms in total. The summed E-state index contributed by atoms with van der Waals surface area (Å²) in [6.07, 6.45) is 0. The molecular formula is C16H25N3O. The predicted octanol–water partition coefficient (Wildman–Crippen LogP) is 2.13. The van der Waals surface area contributed by atoms with E-state index in [0.29, 0.717) is 12.2 Å². The maximum atomic E-state index is 12.1. The van der Waals surface area contributed by atoms with Crippen LogP contribution in [0.3, 0.4) is 0 Å². The van der Waals surface area contributed by atoms with Crippen LogP contribution in [-0.2, 0) is 4.79 Å². The van der Waals surface area contributed by atoms with E-state index in [4.69, 9.17) is 5.73 Å². The van der Waals surface area contributed by atoms with Gasteiger partial charge in [-0.25, -0.2) is 0 Å². The highest BCUT2D eigenvalue weighted by Crippen LogP contribution is 2.21. The summed E-state index contributed by atoms with van der Waals surface area (Å²) in [4.78, 5) is 14.2. The first-order valence-electron chi connectivity index (χ1n) is 7.02. The number of nitrogen functional groups attached to an aromatic ring is 1. The number of ketones is 1. The molecule has 0 saturated heterocycles. The van der Waals surface area contributed by atoms with Crippen LogP contribution >= 0.6 is 0 Å². The molecule has 0 radical (unpaired) electrons. The standard InChI is InChI=1S/C16H25N3O/c1-5-18-15(11-19(4)6-2)16(12(3)20)13-8-7-9-14(17)10-13/h7-10,18H,5-6,11,17H2,1-4H3/b16-15-. The average molecular weight is 275 g/mol. The first-order valence-corrected chi connectivity index (χ1v) is 7.02. The lowest BCUT2D eigenvalue weighted by molar-refractivity contribution is -0.111. The molecule has 0 unspecified atom stereocenters. The van der Waals surface area contributed by atoms with Gasteiger partial charge in [-0.15, -0.1) is 0 Å². The molecule has 0 bridgehead atoms. The maximum absolute atomic E-state index is 12.1. The number of allylic oxidation sites excluding steroid dienone is 1. The number of nitrogens with two attached hydrogens (primary N) is 1. The van der Waals surface area contributed by atoms with Crippen molar-refractivity contribution in [2.24, 2.45) is 0 Å². The number of benzene rings is 1. The monoisotopic (exact) mass is 275 g/mol. The summed E-state index contributed by atoms with van der Waals surface area (Å²) < 4.78 is 0. The minimum Gasteiger partial charge on any atom is -0.399 e. The third kappa shape index (κ3) is 4.38. The van der Waals surface area contributed by atoms with Crippen LogP contribution in [0.5, 0.6) is 0 Å². The van der Waals surface area contributed by atoms with Crippen molar-refractivity contribution in [3.05, 3.63) is 35.5 Å². The molecule has 0 amide bonds. The molecule has 1 aromatic rings. The molecule has 0 atom stereocenters. The molecule has 0 aromatic heterocycles. The van der Waals surface area contributed by atoms with Crippen molar-refractivity contribution >= 4 is 17.0 Å². The van der Waals surface area contributed by atoms with Crippen LogP contribution in [0.25, 0.3) is 5.57 Å². The molecular weight excluding hydrogens is 250 g/mol. The highest BCUT2D eigenvalue weighted by atomic mass is 16.1. The van der Waals surface area contributed by atoms with Gasteiger partial charge in [0.25, 0.3) is 0 Å². The molecule has 3 N–H and O–H groups in total. The van der Waals surface area contributed by atoms with Crippen LogP contribution < -0.4 is 11.1 Å². The van der Waals surface area contributed by atoms with Crippen molar-refractivity contribution in [2.45, 2.75) is 20.8 Å². The first kappa shape index (κ1) is 16.2. The Balaban J connectivity index is 3.30. The van der Waals surface area contributed by atoms with Gasteiger partial charge in [0.2, 0.25) is 0 Å². The molecule has 4 heteroatoms. The summed E-state index contributed by atoms with van der Waals surface area (Å²) in [7, 11) is 2.04. The van der Waals surface area contributed by atoms with Gasteiger partial charge in [0.15, 0.2) is 5.78 Å². The first-order chi connectivity index (χ1) is 9.49. The maximum Gasteiger partial charge on any atom is 0.162 e. The highest BCUT2D eigenvalue weighted by molar-refractivity contribution is 6.20. The number of likely N-dealkylation sites (N-methyl/N-ethyl adjacent to an activating group) is 2. The van der Waals surface area contributed by atoms with Crippen molar-refractivity contribution in [1.82, 2.24) is 10.2 Å². The van der Waals surface area contributed by atoms with Crippen molar-refractivity contribution in [3.8, 4) is 0 Å². The Morgan fingerprint density at radius 3 is 2.55 bits per heavy atom. The average Bonchev–Trinajstić information content (AvgIpc) is 2.38. The smallest absolute Gasteiger partial charge is 0.162 e. The number of nitrogens with zero attached hydrogens (tertiary/aromatic N) is 1. The van der Waals surface area contributed by atoms with Gasteiger partial charge < -0.3 is 16.0 Å². The fraction of sp³-hybridized carbons (Fsp3) is 0.438. The highest BCUT2D eigenvalue weighted by Gasteiger charge is 2.15. The lowest BCUT2D eigenvalue weighted by Gasteiger charge is -2.21. The fourth-order valence-corrected chi connectivity index (χ4v) is 2.10. The van der Waals surface area contributed by atoms with E-state index in [1.54, 1.807) is 6.92 Å². The Hall–Kier alpha value is -1.81. The summed E-state index contributed by atoms with van der Waals surface area (Å²) >= 11 is 0. The lowest BCUT2D eigenvalue weighted by Crippen LogP contribution is -2.29. The Labute approximate surface area is 121 Å². The molecule has 110 valence electrons. The zero-order valence-electron chi connectivity index (χ0n) is 12.9. The van der Waals surface area contributed by atoms with Crippen LogP contribution in [0.1, 0.15) is 26.3 Å². The number of carbonyl (C=O) groups is 1. The van der Waals surface area contributed by atoms with Crippen molar-refractivity contribution in [3.63, 3.8) is 0 Å². The van der Waals surface area contributed by atoms with E-state index in [1.807, 2.05) is 38.2 Å². The minimum atomic E-state index is 0.0519. The summed E-state index contributed by atoms with van der Waals surface area (Å²) in [5, 5.41) is 3.32. The molecule has 0 aliphatic heterocycles. The quantitative estimate of drug-likeness (QED) is 0.591. The Bertz CT molecular complexity index is 494. The predicted molar refractivity (Wildman–Crippen MR) is 85.3 cm³/mol. The van der Waals surface area contributed by atoms with Crippen molar-refractivity contribution in [1.29, 1.82) is 0 Å². The van der Waals surface area contributed by atoms with E-state index in [9.17, 15) is 4.79 Å². The number of hydrogen-bond donors (Lipinski definition) is 2. The number of carbonyl (C=O) groups excluding carboxylic acids is 1. The van der Waals surface area contributed by atoms with Gasteiger partial charge in [-0.05, 0) is 45.1 Å². The SMILES string of the molecule is CCN/C(CN(C)CC)=C(/C(C)=O)c1cccc(N)c1. The summed E-state index contributed by atoms with van der Waals surface area (Å²) in [5.41, 5.74) is 9.05. The Morgan fingerprint density at radius 2 is 2.05 bits per heavy atom. The van der Waals surface area contributed by atoms with Crippen LogP contribution in [0.2, 0.25) is 0 Å².